The van der Waals surface area contributed by atoms with Gasteiger partial charge in [0.25, 0.3) is 5.91 Å². The largest absolute Gasteiger partial charge is 1.00 e. The molecule has 4 aromatic carbocycles. The quantitative estimate of drug-likeness (QED) is 0.00774. The number of guanidine groups is 2. The summed E-state index contributed by atoms with van der Waals surface area (Å²) in [6.45, 7) is 16.5. The van der Waals surface area contributed by atoms with Gasteiger partial charge in [0.2, 0.25) is 17.7 Å². The number of amides is 4. The second-order valence-electron chi connectivity index (χ2n) is 27.8. The fraction of sp³-hybridized carbons (Fsp3) is 0.563. The molecule has 4 amide bonds. The summed E-state index contributed by atoms with van der Waals surface area (Å²) in [6, 6.07) is 19.9. The third-order valence-corrected chi connectivity index (χ3v) is 22.9. The van der Waals surface area contributed by atoms with Crippen molar-refractivity contribution in [3.63, 3.8) is 0 Å². The smallest absolute Gasteiger partial charge is 0.548 e. The van der Waals surface area contributed by atoms with Crippen LogP contribution in [0.5, 0.6) is 5.75 Å². The Kier molecular flexibility index (Phi) is 31.5. The van der Waals surface area contributed by atoms with Gasteiger partial charge in [-0.25, -0.2) is 14.6 Å². The van der Waals surface area contributed by atoms with Crippen LogP contribution in [0.25, 0.3) is 10.8 Å². The van der Waals surface area contributed by atoms with Gasteiger partial charge in [0.15, 0.2) is 24.5 Å². The molecule has 11 rings (SSSR count). The molecule has 110 heavy (non-hydrogen) atoms. The third-order valence-electron chi connectivity index (χ3n) is 19.8. The average molecular weight is 1590 g/mol. The molecule has 0 bridgehead atoms. The molecule has 1 aliphatic carbocycles. The van der Waals surface area contributed by atoms with Crippen molar-refractivity contribution in [3.05, 3.63) is 108 Å². The van der Waals surface area contributed by atoms with Crippen LogP contribution < -0.4 is 83.6 Å². The van der Waals surface area contributed by atoms with E-state index in [1.807, 2.05) is 81.4 Å². The van der Waals surface area contributed by atoms with Crippen LogP contribution in [0.3, 0.4) is 0 Å². The van der Waals surface area contributed by atoms with Gasteiger partial charge in [-0.2, -0.15) is 0 Å². The van der Waals surface area contributed by atoms with Crippen molar-refractivity contribution in [1.29, 1.82) is 5.41 Å². The summed E-state index contributed by atoms with van der Waals surface area (Å²) in [7, 11) is 1.44. The standard InChI is InChI=1S/C21H41N7O12.C21H22N2O5S.C16H18N2O4S.C13H20N2O2.Na/c1-5-21(36,4-30)16(40-17-9(26-2)13(34)10(31)6(3-29)38-17)18(37-5)39-15-8(28-20(24)25)11(32)7(27-19(22)23)12(33)14(15)35;1-4-28-13-10-9-11-7-5-6-8-12(11)14(13)17(24)22-15-18(25)23-16(20(26)27)21(2,3)29-19(15)23;1-16(2)12(15(21)22)18-13(20)11(14(18)23-16)17-10(19)8-9-6-4-3-5-7-9;1-3-15(4-2)9-10-17-13(16)11-5-7-12(14)8-6-11;/h5-18,26,29-36H,3-4H2,1-2H3,(H4,22,23,27)(H4,24,25,28);5-10,15-16,19H,4H2,1-3H3,(H,22,24)(H,26,27);3-7,11-12,14H,8H2,1-2H3,(H,17,19)(H,21,22);5-8H,3-4,9-10,14H2,1-2H3;/q;;;;+1/p-1/t5-,6-,7+,8-,9-,10-,11+,12-,13-,14+,15+,16-,17-,18-,21+;15-,16+,19-;11-,12+,14-;;/m011../s1. The number of nitrogens with zero attached hydrogens (tertiary/aromatic N) is 4. The molecular weight excluding hydrogens is 1490 g/mol. The number of carbonyl (C=O) groups is 7. The summed E-state index contributed by atoms with van der Waals surface area (Å²) in [5, 5.41) is 124. The monoisotopic (exact) mass is 1590 g/mol. The number of hydrogen-bond acceptors (Lipinski definition) is 29. The van der Waals surface area contributed by atoms with Crippen molar-refractivity contribution in [1.82, 2.24) is 36.0 Å². The SMILES string of the molecule is CC1(C)S[C@@H]2[C@H](NC(=O)Cc3ccccc3)C(=O)N2[C@H]1C(=O)O.CCN(CC)CCOC(=O)c1ccc(N)cc1.CCOc1ccc2ccccc2c1C(=O)N[C@@H]1C(=O)N2[C@@H]1SC(C)(C)[C@@H]2C(=O)[O-].CN[C@@H]1[C@H](O[C@H]2[C@H](O[C@H]3[C@H](O)[C@@H](O)[C@H](NC(=N)N)[C@@H](O)[C@@H]3N=C(N)N)O[C@@H](C)[C@]2(O)CO)O[C@@H](CO)[C@H](O)[C@H]1O.[Na+]. The number of benzene rings is 4. The van der Waals surface area contributed by atoms with Crippen molar-refractivity contribution in [2.45, 2.75) is 197 Å². The van der Waals surface area contributed by atoms with E-state index in [1.165, 1.54) is 47.3 Å². The number of carboxylic acids is 2. The number of aliphatic carboxylic acids is 2. The summed E-state index contributed by atoms with van der Waals surface area (Å²) in [6.07, 6.45) is -16.7. The summed E-state index contributed by atoms with van der Waals surface area (Å²) in [4.78, 5) is 93.6. The van der Waals surface area contributed by atoms with Crippen LogP contribution in [-0.2, 0) is 54.1 Å². The first kappa shape index (κ1) is 89.9. The van der Waals surface area contributed by atoms with Crippen molar-refractivity contribution in [2.24, 2.45) is 22.2 Å². The molecule has 36 nitrogen and oxygen atoms in total. The molecule has 6 heterocycles. The Labute approximate surface area is 665 Å². The number of nitrogens with one attached hydrogen (secondary N) is 5. The fourth-order valence-electron chi connectivity index (χ4n) is 14.0. The average Bonchev–Trinajstić information content (AvgIpc) is 1.56. The molecule has 4 aromatic rings. The van der Waals surface area contributed by atoms with Crippen LogP contribution in [0, 0.1) is 5.41 Å². The van der Waals surface area contributed by atoms with E-state index in [-0.39, 0.29) is 59.1 Å². The van der Waals surface area contributed by atoms with E-state index >= 15 is 0 Å². The van der Waals surface area contributed by atoms with E-state index in [1.54, 1.807) is 44.2 Å². The van der Waals surface area contributed by atoms with Gasteiger partial charge in [-0.1, -0.05) is 74.5 Å². The summed E-state index contributed by atoms with van der Waals surface area (Å²) < 4.78 is 32.7. The van der Waals surface area contributed by atoms with Crippen LogP contribution >= 0.6 is 23.5 Å². The molecule has 6 aliphatic heterocycles. The molecule has 6 saturated heterocycles. The molecule has 600 valence electrons. The number of nitrogens with two attached hydrogens (primary N) is 4. The molecule has 39 heteroatoms. The van der Waals surface area contributed by atoms with Gasteiger partial charge >= 0.3 is 41.5 Å². The van der Waals surface area contributed by atoms with E-state index in [2.05, 4.69) is 45.0 Å². The third kappa shape index (κ3) is 19.8. The first-order valence-corrected chi connectivity index (χ1v) is 37.0. The minimum atomic E-state index is -2.15. The number of fused-ring (bicyclic) bond motifs is 3. The van der Waals surface area contributed by atoms with E-state index in [4.69, 9.17) is 56.8 Å². The number of esters is 1. The van der Waals surface area contributed by atoms with Crippen LogP contribution in [-0.4, -0.2) is 303 Å². The van der Waals surface area contributed by atoms with Crippen LogP contribution in [0.2, 0.25) is 0 Å². The summed E-state index contributed by atoms with van der Waals surface area (Å²) in [5.74, 6) is -4.65. The number of anilines is 1. The molecule has 21 atom stereocenters. The molecule has 7 aliphatic rings. The Balaban J connectivity index is 0.000000212. The maximum Gasteiger partial charge on any atom is 1.00 e. The Morgan fingerprint density at radius 3 is 1.87 bits per heavy atom. The molecular formula is C71H100N13NaO23S2. The Hall–Kier alpha value is -7.29. The number of thioether (sulfide) groups is 2. The van der Waals surface area contributed by atoms with Gasteiger partial charge in [0.05, 0.1) is 67.6 Å². The normalized spacial score (nSPS) is 31.3. The van der Waals surface area contributed by atoms with Crippen LogP contribution in [0.4, 0.5) is 5.69 Å². The number of β-lactam (4-membered cyclic amide) rings is 2. The summed E-state index contributed by atoms with van der Waals surface area (Å²) >= 11 is 2.78. The van der Waals surface area contributed by atoms with Crippen LogP contribution in [0.1, 0.15) is 81.7 Å². The Morgan fingerprint density at radius 1 is 0.736 bits per heavy atom. The number of aliphatic hydroxyl groups is 8. The van der Waals surface area contributed by atoms with E-state index in [9.17, 15) is 84.6 Å². The number of ether oxygens (including phenoxy) is 6. The van der Waals surface area contributed by atoms with Gasteiger partial charge in [0.1, 0.15) is 102 Å². The zero-order chi connectivity index (χ0) is 80.5. The second kappa shape index (κ2) is 38.5. The maximum absolute atomic E-state index is 13.2. The topological polar surface area (TPSA) is 578 Å². The minimum absolute atomic E-state index is 0. The van der Waals surface area contributed by atoms with Crippen molar-refractivity contribution in [2.75, 3.05) is 58.8 Å². The molecule has 7 fully saturated rings. The van der Waals surface area contributed by atoms with Crippen LogP contribution in [0.15, 0.2) is 96.0 Å². The number of aliphatic hydroxyl groups excluding tert-OH is 7. The van der Waals surface area contributed by atoms with Gasteiger partial charge < -0.3 is 143 Å². The molecule has 0 aromatic heterocycles. The van der Waals surface area contributed by atoms with Gasteiger partial charge in [-0.15, -0.1) is 23.5 Å². The Morgan fingerprint density at radius 2 is 1.32 bits per heavy atom. The molecule has 0 radical (unpaired) electrons. The molecule has 0 unspecified atom stereocenters. The number of nitrogen functional groups attached to an aromatic ring is 1. The number of likely N-dealkylation sites (N-methyl/N-ethyl adjacent to an activating group) is 2. The Bertz CT molecular complexity index is 3900. The number of hydrogen-bond donors (Lipinski definition) is 18. The first-order chi connectivity index (χ1) is 51.4. The zero-order valence-electron chi connectivity index (χ0n) is 62.5. The molecule has 22 N–H and O–H groups in total. The fourth-order valence-corrected chi connectivity index (χ4v) is 17.2. The maximum atomic E-state index is 13.2. The number of carboxylic acid groups (broad SMARTS) is 2. The zero-order valence-corrected chi connectivity index (χ0v) is 66.2. The number of carbonyl (C=O) groups excluding carboxylic acids is 6. The van der Waals surface area contributed by atoms with Gasteiger partial charge in [-0.05, 0) is 108 Å². The summed E-state index contributed by atoms with van der Waals surface area (Å²) in [5.41, 5.74) is 22.2. The second-order valence-corrected chi connectivity index (χ2v) is 31.3. The number of rotatable bonds is 24. The predicted molar refractivity (Wildman–Crippen MR) is 395 cm³/mol. The minimum Gasteiger partial charge on any atom is -0.548 e. The van der Waals surface area contributed by atoms with Crippen molar-refractivity contribution in [3.8, 4) is 5.75 Å². The van der Waals surface area contributed by atoms with Crippen molar-refractivity contribution >= 4 is 93.4 Å². The molecule has 0 spiro atoms. The van der Waals surface area contributed by atoms with Gasteiger partial charge in [-0.3, -0.25) is 24.6 Å². The van der Waals surface area contributed by atoms with Gasteiger partial charge in [0, 0.05) is 21.7 Å². The van der Waals surface area contributed by atoms with Crippen molar-refractivity contribution < 1.29 is 143 Å². The van der Waals surface area contributed by atoms with E-state index in [0.29, 0.717) is 35.8 Å². The predicted octanol–water partition coefficient (Wildman–Crippen LogP) is -7.38. The van der Waals surface area contributed by atoms with E-state index < -0.39 is 179 Å². The first-order valence-electron chi connectivity index (χ1n) is 35.3. The van der Waals surface area contributed by atoms with E-state index in [0.717, 1.165) is 36.0 Å². The molecule has 1 saturated carbocycles. The number of aliphatic imine (C=N–C) groups is 1.